The lowest BCUT2D eigenvalue weighted by Gasteiger charge is -2.05. The van der Waals surface area contributed by atoms with E-state index in [4.69, 9.17) is 10.5 Å². The van der Waals surface area contributed by atoms with E-state index < -0.39 is 6.09 Å². The zero-order valence-electron chi connectivity index (χ0n) is 27.5. The van der Waals surface area contributed by atoms with Crippen LogP contribution in [0.2, 0.25) is 0 Å². The number of carbonyl (C=O) groups excluding carboxylic acids is 1. The quantitative estimate of drug-likeness (QED) is 0.0511. The predicted molar refractivity (Wildman–Crippen MR) is 182 cm³/mol. The fourth-order valence-electron chi connectivity index (χ4n) is 5.11. The molecule has 0 aliphatic rings. The van der Waals surface area contributed by atoms with E-state index in [1.165, 1.54) is 141 Å². The lowest BCUT2D eigenvalue weighted by molar-refractivity contribution is 0.185. The highest BCUT2D eigenvalue weighted by Gasteiger charge is 2.01. The summed E-state index contributed by atoms with van der Waals surface area (Å²) in [6, 6.07) is 0. The van der Waals surface area contributed by atoms with Gasteiger partial charge < -0.3 is 10.5 Å². The van der Waals surface area contributed by atoms with Gasteiger partial charge in [0.15, 0.2) is 0 Å². The summed E-state index contributed by atoms with van der Waals surface area (Å²) in [5, 5.41) is 0. The van der Waals surface area contributed by atoms with E-state index in [9.17, 15) is 4.79 Å². The van der Waals surface area contributed by atoms with Crippen LogP contribution in [0.1, 0.15) is 187 Å². The normalized spacial score (nSPS) is 12.4. The first-order valence-corrected chi connectivity index (χ1v) is 17.8. The molecule has 0 rings (SSSR count). The third-order valence-electron chi connectivity index (χ3n) is 7.72. The van der Waals surface area contributed by atoms with Crippen molar-refractivity contribution in [2.24, 2.45) is 5.73 Å². The molecule has 0 bridgehead atoms. The van der Waals surface area contributed by atoms with Crippen LogP contribution in [0.4, 0.5) is 4.79 Å². The highest BCUT2D eigenvalue weighted by molar-refractivity contribution is 5.66. The molecule has 0 aromatic rings. The molecule has 0 radical (unpaired) electrons. The highest BCUT2D eigenvalue weighted by Crippen LogP contribution is 2.15. The maximum absolute atomic E-state index is 11.2. The van der Waals surface area contributed by atoms with E-state index in [0.717, 1.165) is 25.7 Å². The van der Waals surface area contributed by atoms with Gasteiger partial charge in [-0.3, -0.25) is 0 Å². The van der Waals surface area contributed by atoms with Crippen LogP contribution in [0, 0.1) is 0 Å². The second kappa shape index (κ2) is 34.4. The third-order valence-corrected chi connectivity index (χ3v) is 7.72. The minimum Gasteiger partial charge on any atom is -0.415 e. The number of allylic oxidation sites excluding steroid dienone is 7. The van der Waals surface area contributed by atoms with Crippen LogP contribution >= 0.6 is 0 Å². The van der Waals surface area contributed by atoms with E-state index in [-0.39, 0.29) is 0 Å². The number of primary amides is 1. The van der Waals surface area contributed by atoms with Crippen LogP contribution in [0.5, 0.6) is 0 Å². The number of rotatable bonds is 31. The molecule has 0 fully saturated rings. The summed E-state index contributed by atoms with van der Waals surface area (Å²) in [7, 11) is 0. The van der Waals surface area contributed by atoms with Gasteiger partial charge in [-0.25, -0.2) is 4.79 Å². The van der Waals surface area contributed by atoms with Crippen molar-refractivity contribution < 1.29 is 9.53 Å². The molecule has 41 heavy (non-hydrogen) atoms. The van der Waals surface area contributed by atoms with Crippen molar-refractivity contribution in [3.63, 3.8) is 0 Å². The SMILES string of the molecule is CCCCC/C=C/C/C=C/CCCCCCCCCCCCCCCCC/C=C(/C/C=C/CCCCC)OC(N)=O. The first kappa shape index (κ1) is 39.2. The summed E-state index contributed by atoms with van der Waals surface area (Å²) in [6.45, 7) is 4.48. The fraction of sp³-hybridized carbons (Fsp3) is 0.763. The summed E-state index contributed by atoms with van der Waals surface area (Å²) < 4.78 is 5.18. The van der Waals surface area contributed by atoms with Gasteiger partial charge in [-0.15, -0.1) is 0 Å². The Bertz CT molecular complexity index is 661. The fourth-order valence-corrected chi connectivity index (χ4v) is 5.11. The van der Waals surface area contributed by atoms with E-state index in [1.54, 1.807) is 0 Å². The molecule has 0 aliphatic carbocycles. The molecule has 0 saturated heterocycles. The maximum Gasteiger partial charge on any atom is 0.409 e. The monoisotopic (exact) mass is 572 g/mol. The lowest BCUT2D eigenvalue weighted by atomic mass is 10.0. The molecule has 0 spiro atoms. The minimum absolute atomic E-state index is 0.657. The first-order valence-electron chi connectivity index (χ1n) is 17.8. The number of hydrogen-bond donors (Lipinski definition) is 1. The maximum atomic E-state index is 11.2. The van der Waals surface area contributed by atoms with Gasteiger partial charge in [0.05, 0.1) is 0 Å². The van der Waals surface area contributed by atoms with E-state index >= 15 is 0 Å². The topological polar surface area (TPSA) is 52.3 Å². The summed E-state index contributed by atoms with van der Waals surface area (Å²) in [5.74, 6) is 0.698. The average molecular weight is 572 g/mol. The van der Waals surface area contributed by atoms with Gasteiger partial charge in [0.2, 0.25) is 0 Å². The molecular weight excluding hydrogens is 502 g/mol. The zero-order valence-corrected chi connectivity index (χ0v) is 27.5. The summed E-state index contributed by atoms with van der Waals surface area (Å²) >= 11 is 0. The van der Waals surface area contributed by atoms with E-state index in [1.807, 2.05) is 0 Å². The van der Waals surface area contributed by atoms with Crippen LogP contribution in [0.25, 0.3) is 0 Å². The molecule has 3 nitrogen and oxygen atoms in total. The molecule has 0 saturated carbocycles. The Kier molecular flexibility index (Phi) is 32.9. The Morgan fingerprint density at radius 2 is 0.854 bits per heavy atom. The Hall–Kier alpha value is -1.77. The van der Waals surface area contributed by atoms with Crippen LogP contribution in [-0.2, 0) is 4.74 Å². The van der Waals surface area contributed by atoms with Gasteiger partial charge in [0, 0.05) is 6.42 Å². The molecule has 0 unspecified atom stereocenters. The minimum atomic E-state index is -0.707. The molecule has 0 aromatic carbocycles. The van der Waals surface area contributed by atoms with Gasteiger partial charge in [-0.2, -0.15) is 0 Å². The van der Waals surface area contributed by atoms with Gasteiger partial charge in [0.1, 0.15) is 5.76 Å². The third kappa shape index (κ3) is 34.3. The van der Waals surface area contributed by atoms with Gasteiger partial charge in [-0.1, -0.05) is 159 Å². The molecular formula is C38H69NO2. The molecule has 3 heteroatoms. The van der Waals surface area contributed by atoms with E-state index in [0.29, 0.717) is 12.2 Å². The van der Waals surface area contributed by atoms with Crippen molar-refractivity contribution in [1.82, 2.24) is 0 Å². The van der Waals surface area contributed by atoms with Gasteiger partial charge >= 0.3 is 6.09 Å². The Morgan fingerprint density at radius 1 is 0.488 bits per heavy atom. The van der Waals surface area contributed by atoms with Crippen LogP contribution < -0.4 is 5.73 Å². The molecule has 0 aromatic heterocycles. The smallest absolute Gasteiger partial charge is 0.409 e. The van der Waals surface area contributed by atoms with Crippen molar-refractivity contribution >= 4 is 6.09 Å². The van der Waals surface area contributed by atoms with Crippen molar-refractivity contribution in [1.29, 1.82) is 0 Å². The molecule has 0 atom stereocenters. The second-order valence-electron chi connectivity index (χ2n) is 11.8. The first-order chi connectivity index (χ1) is 20.2. The lowest BCUT2D eigenvalue weighted by Crippen LogP contribution is -2.12. The summed E-state index contributed by atoms with van der Waals surface area (Å²) in [5.41, 5.74) is 5.23. The zero-order chi connectivity index (χ0) is 29.9. The number of amides is 1. The van der Waals surface area contributed by atoms with Crippen molar-refractivity contribution in [3.05, 3.63) is 48.3 Å². The van der Waals surface area contributed by atoms with Gasteiger partial charge in [0.25, 0.3) is 0 Å². The number of carbonyl (C=O) groups is 1. The Labute approximate surface area is 256 Å². The number of nitrogens with two attached hydrogens (primary N) is 1. The molecule has 0 heterocycles. The van der Waals surface area contributed by atoms with Crippen LogP contribution in [-0.4, -0.2) is 6.09 Å². The molecule has 1 amide bonds. The molecule has 2 N–H and O–H groups in total. The summed E-state index contributed by atoms with van der Waals surface area (Å²) in [4.78, 5) is 11.2. The highest BCUT2D eigenvalue weighted by atomic mass is 16.5. The predicted octanol–water partition coefficient (Wildman–Crippen LogP) is 13.2. The average Bonchev–Trinajstić information content (AvgIpc) is 2.96. The van der Waals surface area contributed by atoms with Crippen LogP contribution in [0.15, 0.2) is 48.3 Å². The molecule has 238 valence electrons. The molecule has 0 aliphatic heterocycles. The van der Waals surface area contributed by atoms with Crippen LogP contribution in [0.3, 0.4) is 0 Å². The van der Waals surface area contributed by atoms with Gasteiger partial charge in [-0.05, 0) is 63.9 Å². The number of ether oxygens (including phenoxy) is 1. The van der Waals surface area contributed by atoms with Crippen molar-refractivity contribution in [2.75, 3.05) is 0 Å². The standard InChI is InChI=1S/C38H69NO2/c1-3-5-7-9-11-12-13-14-15-16-17-18-19-20-21-22-23-24-25-26-27-28-29-30-32-34-36-37(41-38(39)40)35-33-31-10-8-6-4-2/h11-12,14-15,31,33,36H,3-10,13,16-30,32,34-35H2,1-2H3,(H2,39,40)/b12-11+,15-14+,33-31+,37-36-. The second-order valence-corrected chi connectivity index (χ2v) is 11.8. The summed E-state index contributed by atoms with van der Waals surface area (Å²) in [6.07, 6.45) is 49.6. The Balaban J connectivity index is 3.46. The van der Waals surface area contributed by atoms with Crippen molar-refractivity contribution in [3.8, 4) is 0 Å². The Morgan fingerprint density at radius 3 is 1.27 bits per heavy atom. The number of hydrogen-bond acceptors (Lipinski definition) is 2. The number of unbranched alkanes of at least 4 members (excludes halogenated alkanes) is 22. The van der Waals surface area contributed by atoms with E-state index in [2.05, 4.69) is 56.4 Å². The van der Waals surface area contributed by atoms with Crippen molar-refractivity contribution in [2.45, 2.75) is 187 Å². The largest absolute Gasteiger partial charge is 0.415 e.